The van der Waals surface area contributed by atoms with Gasteiger partial charge in [-0.1, -0.05) is 44.0 Å². The van der Waals surface area contributed by atoms with E-state index in [9.17, 15) is 4.39 Å². The van der Waals surface area contributed by atoms with Crippen LogP contribution in [0.3, 0.4) is 0 Å². The molecule has 158 valence electrons. The average Bonchev–Trinajstić information content (AvgIpc) is 2.79. The lowest BCUT2D eigenvalue weighted by atomic mass is 9.80. The molecule has 0 aromatic heterocycles. The predicted molar refractivity (Wildman–Crippen MR) is 116 cm³/mol. The molecule has 0 heterocycles. The summed E-state index contributed by atoms with van der Waals surface area (Å²) in [6, 6.07) is 10.8. The van der Waals surface area contributed by atoms with E-state index in [0.29, 0.717) is 30.3 Å². The Hall–Kier alpha value is -1.66. The highest BCUT2D eigenvalue weighted by atomic mass is 19.1. The van der Waals surface area contributed by atoms with Crippen LogP contribution in [-0.4, -0.2) is 12.7 Å². The molecule has 0 bridgehead atoms. The van der Waals surface area contributed by atoms with Crippen LogP contribution in [0.15, 0.2) is 36.2 Å². The van der Waals surface area contributed by atoms with Crippen LogP contribution in [0.5, 0.6) is 0 Å². The number of nitriles is 1. The van der Waals surface area contributed by atoms with Crippen molar-refractivity contribution in [3.8, 4) is 6.07 Å². The molecule has 2 saturated carbocycles. The van der Waals surface area contributed by atoms with Crippen molar-refractivity contribution < 1.29 is 9.13 Å². The molecule has 0 spiro atoms. The van der Waals surface area contributed by atoms with Crippen LogP contribution in [0.1, 0.15) is 88.2 Å². The SMILES string of the molecule is CCc1ccc(C2CCC(OCC3CCC(CCC=C(F)C#N)CC3)CC2)cc1. The molecule has 2 aliphatic carbocycles. The van der Waals surface area contributed by atoms with Crippen LogP contribution in [-0.2, 0) is 11.2 Å². The largest absolute Gasteiger partial charge is 0.378 e. The monoisotopic (exact) mass is 397 g/mol. The zero-order valence-corrected chi connectivity index (χ0v) is 17.9. The van der Waals surface area contributed by atoms with Gasteiger partial charge in [-0.3, -0.25) is 0 Å². The van der Waals surface area contributed by atoms with E-state index in [0.717, 1.165) is 19.4 Å². The molecule has 2 aliphatic rings. The normalized spacial score (nSPS) is 28.1. The van der Waals surface area contributed by atoms with Crippen LogP contribution in [0.4, 0.5) is 4.39 Å². The average molecular weight is 398 g/mol. The molecule has 0 radical (unpaired) electrons. The van der Waals surface area contributed by atoms with E-state index >= 15 is 0 Å². The van der Waals surface area contributed by atoms with Gasteiger partial charge in [-0.25, -0.2) is 0 Å². The number of aryl methyl sites for hydroxylation is 1. The maximum absolute atomic E-state index is 12.9. The molecule has 0 aliphatic heterocycles. The Morgan fingerprint density at radius 3 is 2.31 bits per heavy atom. The topological polar surface area (TPSA) is 33.0 Å². The number of benzene rings is 1. The number of ether oxygens (including phenoxy) is 1. The number of rotatable bonds is 8. The third kappa shape index (κ3) is 6.96. The molecule has 1 aromatic carbocycles. The van der Waals surface area contributed by atoms with Crippen molar-refractivity contribution in [1.82, 2.24) is 0 Å². The number of halogens is 1. The van der Waals surface area contributed by atoms with Gasteiger partial charge in [0.1, 0.15) is 6.07 Å². The van der Waals surface area contributed by atoms with E-state index in [1.165, 1.54) is 68.6 Å². The first-order valence-electron chi connectivity index (χ1n) is 11.6. The Balaban J connectivity index is 1.30. The second-order valence-electron chi connectivity index (χ2n) is 9.03. The fourth-order valence-electron chi connectivity index (χ4n) is 5.04. The van der Waals surface area contributed by atoms with Crippen LogP contribution in [0, 0.1) is 23.2 Å². The number of hydrogen-bond donors (Lipinski definition) is 0. The zero-order chi connectivity index (χ0) is 20.5. The van der Waals surface area contributed by atoms with Crippen molar-refractivity contribution in [2.45, 2.75) is 89.6 Å². The molecule has 0 amide bonds. The summed E-state index contributed by atoms with van der Waals surface area (Å²) in [7, 11) is 0. The molecule has 3 heteroatoms. The van der Waals surface area contributed by atoms with Gasteiger partial charge in [0.2, 0.25) is 0 Å². The van der Waals surface area contributed by atoms with Gasteiger partial charge in [-0.2, -0.15) is 9.65 Å². The molecule has 0 unspecified atom stereocenters. The molecule has 0 N–H and O–H groups in total. The van der Waals surface area contributed by atoms with Crippen molar-refractivity contribution in [2.75, 3.05) is 6.61 Å². The van der Waals surface area contributed by atoms with Crippen LogP contribution < -0.4 is 0 Å². The minimum atomic E-state index is -0.639. The fraction of sp³-hybridized carbons (Fsp3) is 0.654. The lowest BCUT2D eigenvalue weighted by Crippen LogP contribution is -2.25. The van der Waals surface area contributed by atoms with Crippen molar-refractivity contribution in [1.29, 1.82) is 5.26 Å². The molecular formula is C26H36FNO. The van der Waals surface area contributed by atoms with E-state index in [1.807, 2.05) is 0 Å². The first kappa shape index (κ1) is 22.0. The summed E-state index contributed by atoms with van der Waals surface area (Å²) in [5.41, 5.74) is 2.93. The van der Waals surface area contributed by atoms with Gasteiger partial charge < -0.3 is 4.74 Å². The smallest absolute Gasteiger partial charge is 0.196 e. The highest BCUT2D eigenvalue weighted by Crippen LogP contribution is 2.36. The van der Waals surface area contributed by atoms with E-state index in [1.54, 1.807) is 6.07 Å². The fourth-order valence-corrected chi connectivity index (χ4v) is 5.04. The summed E-state index contributed by atoms with van der Waals surface area (Å²) in [5, 5.41) is 8.46. The Bertz CT molecular complexity index is 674. The van der Waals surface area contributed by atoms with Gasteiger partial charge in [0, 0.05) is 6.61 Å². The van der Waals surface area contributed by atoms with Gasteiger partial charge in [0.05, 0.1) is 6.10 Å². The Morgan fingerprint density at radius 1 is 1.03 bits per heavy atom. The first-order valence-corrected chi connectivity index (χ1v) is 11.6. The summed E-state index contributed by atoms with van der Waals surface area (Å²) in [4.78, 5) is 0. The quantitative estimate of drug-likeness (QED) is 0.433. The number of hydrogen-bond acceptors (Lipinski definition) is 2. The summed E-state index contributed by atoms with van der Waals surface area (Å²) in [6.45, 7) is 3.12. The number of nitrogens with zero attached hydrogens (tertiary/aromatic N) is 1. The first-order chi connectivity index (χ1) is 14.2. The van der Waals surface area contributed by atoms with Crippen LogP contribution in [0.25, 0.3) is 0 Å². The third-order valence-electron chi connectivity index (χ3n) is 7.07. The molecule has 2 nitrogen and oxygen atoms in total. The second-order valence-corrected chi connectivity index (χ2v) is 9.03. The van der Waals surface area contributed by atoms with Crippen molar-refractivity contribution in [3.63, 3.8) is 0 Å². The number of allylic oxidation sites excluding steroid dienone is 2. The van der Waals surface area contributed by atoms with Gasteiger partial charge in [-0.05, 0) is 92.7 Å². The summed E-state index contributed by atoms with van der Waals surface area (Å²) >= 11 is 0. The zero-order valence-electron chi connectivity index (χ0n) is 17.9. The third-order valence-corrected chi connectivity index (χ3v) is 7.07. The molecule has 29 heavy (non-hydrogen) atoms. The second kappa shape index (κ2) is 11.5. The highest BCUT2D eigenvalue weighted by Gasteiger charge is 2.25. The molecule has 2 fully saturated rings. The maximum Gasteiger partial charge on any atom is 0.196 e. The van der Waals surface area contributed by atoms with E-state index < -0.39 is 5.83 Å². The van der Waals surface area contributed by atoms with E-state index in [-0.39, 0.29) is 0 Å². The summed E-state index contributed by atoms with van der Waals surface area (Å²) in [5.74, 6) is 1.44. The minimum absolute atomic E-state index is 0.443. The lowest BCUT2D eigenvalue weighted by molar-refractivity contribution is -0.00474. The molecular weight excluding hydrogens is 361 g/mol. The van der Waals surface area contributed by atoms with E-state index in [4.69, 9.17) is 10.00 Å². The summed E-state index contributed by atoms with van der Waals surface area (Å²) < 4.78 is 19.2. The maximum atomic E-state index is 12.9. The predicted octanol–water partition coefficient (Wildman–Crippen LogP) is 7.26. The lowest BCUT2D eigenvalue weighted by Gasteiger charge is -2.32. The Kier molecular flexibility index (Phi) is 8.74. The van der Waals surface area contributed by atoms with Crippen LogP contribution >= 0.6 is 0 Å². The minimum Gasteiger partial charge on any atom is -0.378 e. The molecule has 3 rings (SSSR count). The van der Waals surface area contributed by atoms with Crippen LogP contribution in [0.2, 0.25) is 0 Å². The Labute approximate surface area is 176 Å². The molecule has 0 atom stereocenters. The summed E-state index contributed by atoms with van der Waals surface area (Å²) in [6.07, 6.45) is 14.4. The standard InChI is InChI=1S/C26H36FNO/c1-2-20-10-12-23(13-11-20)24-14-16-26(17-15-24)29-19-22-8-6-21(7-9-22)4-3-5-25(27)18-28/h5,10-13,21-22,24,26H,2-4,6-9,14-17,19H2,1H3. The van der Waals surface area contributed by atoms with E-state index in [2.05, 4.69) is 31.2 Å². The van der Waals surface area contributed by atoms with Gasteiger partial charge in [0.15, 0.2) is 5.83 Å². The molecule has 0 saturated heterocycles. The Morgan fingerprint density at radius 2 is 1.69 bits per heavy atom. The van der Waals surface area contributed by atoms with Crippen molar-refractivity contribution in [3.05, 3.63) is 47.3 Å². The van der Waals surface area contributed by atoms with Gasteiger partial charge in [0.25, 0.3) is 0 Å². The molecule has 1 aromatic rings. The van der Waals surface area contributed by atoms with Gasteiger partial charge >= 0.3 is 0 Å². The highest BCUT2D eigenvalue weighted by molar-refractivity contribution is 5.25. The van der Waals surface area contributed by atoms with Crippen molar-refractivity contribution in [2.24, 2.45) is 11.8 Å². The van der Waals surface area contributed by atoms with Gasteiger partial charge in [-0.15, -0.1) is 0 Å². The van der Waals surface area contributed by atoms with Crippen molar-refractivity contribution >= 4 is 0 Å².